The van der Waals surface area contributed by atoms with Crippen molar-refractivity contribution in [3.63, 3.8) is 0 Å². The third-order valence-corrected chi connectivity index (χ3v) is 4.51. The largest absolute Gasteiger partial charge is 0.453 e. The molecule has 24 heavy (non-hydrogen) atoms. The average molecular weight is 394 g/mol. The Bertz CT molecular complexity index is 729. The van der Waals surface area contributed by atoms with Gasteiger partial charge in [0.15, 0.2) is 0 Å². The van der Waals surface area contributed by atoms with Gasteiger partial charge in [0.05, 0.1) is 12.8 Å². The fourth-order valence-corrected chi connectivity index (χ4v) is 2.91. The molecule has 2 N–H and O–H groups in total. The van der Waals surface area contributed by atoms with Gasteiger partial charge in [0, 0.05) is 24.6 Å². The van der Waals surface area contributed by atoms with Crippen LogP contribution in [-0.2, 0) is 11.2 Å². The van der Waals surface area contributed by atoms with Gasteiger partial charge in [0.2, 0.25) is 0 Å². The summed E-state index contributed by atoms with van der Waals surface area (Å²) >= 11 is 3.53. The number of nitrogens with one attached hydrogen (secondary N) is 2. The van der Waals surface area contributed by atoms with E-state index in [4.69, 9.17) is 0 Å². The number of hydrogen-bond donors (Lipinski definition) is 2. The molecule has 2 aromatic heterocycles. The molecule has 1 fully saturated rings. The molecule has 1 aliphatic rings. The topological polar surface area (TPSA) is 92.8 Å². The van der Waals surface area contributed by atoms with Crippen LogP contribution in [0.15, 0.2) is 16.9 Å². The summed E-state index contributed by atoms with van der Waals surface area (Å²) < 4.78 is 5.45. The first kappa shape index (κ1) is 16.9. The van der Waals surface area contributed by atoms with Gasteiger partial charge < -0.3 is 15.0 Å². The van der Waals surface area contributed by atoms with Crippen molar-refractivity contribution in [1.82, 2.24) is 25.3 Å². The van der Waals surface area contributed by atoms with Crippen molar-refractivity contribution >= 4 is 22.0 Å². The van der Waals surface area contributed by atoms with Crippen LogP contribution in [0, 0.1) is 0 Å². The number of aromatic amines is 1. The lowest BCUT2D eigenvalue weighted by molar-refractivity contribution is 0.167. The monoisotopic (exact) mass is 393 g/mol. The lowest BCUT2D eigenvalue weighted by Crippen LogP contribution is -2.32. The number of hydrogen-bond acceptors (Lipinski definition) is 5. The van der Waals surface area contributed by atoms with Crippen LogP contribution in [-0.4, -0.2) is 39.2 Å². The van der Waals surface area contributed by atoms with Crippen LogP contribution < -0.4 is 5.32 Å². The van der Waals surface area contributed by atoms with Crippen LogP contribution in [0.4, 0.5) is 4.79 Å². The van der Waals surface area contributed by atoms with Gasteiger partial charge in [0.25, 0.3) is 0 Å². The van der Waals surface area contributed by atoms with E-state index < -0.39 is 6.09 Å². The summed E-state index contributed by atoms with van der Waals surface area (Å²) in [4.78, 5) is 28.1. The van der Waals surface area contributed by atoms with E-state index in [1.54, 1.807) is 6.20 Å². The molecule has 0 unspecified atom stereocenters. The van der Waals surface area contributed by atoms with E-state index >= 15 is 0 Å². The lowest BCUT2D eigenvalue weighted by Gasteiger charge is -2.12. The van der Waals surface area contributed by atoms with E-state index in [0.29, 0.717) is 12.3 Å². The zero-order chi connectivity index (χ0) is 17.1. The summed E-state index contributed by atoms with van der Waals surface area (Å²) in [6, 6.07) is 1.85. The Balaban J connectivity index is 1.67. The maximum absolute atomic E-state index is 11.2. The maximum atomic E-state index is 11.2. The van der Waals surface area contributed by atoms with Crippen molar-refractivity contribution in [2.45, 2.75) is 44.6 Å². The van der Waals surface area contributed by atoms with E-state index in [-0.39, 0.29) is 6.04 Å². The van der Waals surface area contributed by atoms with Gasteiger partial charge in [-0.2, -0.15) is 0 Å². The first-order chi connectivity index (χ1) is 11.6. The first-order valence-electron chi connectivity index (χ1n) is 7.99. The normalized spacial score (nSPS) is 15.1. The molecule has 1 amide bonds. The van der Waals surface area contributed by atoms with Crippen molar-refractivity contribution in [2.75, 3.05) is 7.11 Å². The number of alkyl carbamates (subject to hydrolysis) is 1. The number of rotatable bonds is 6. The number of carbonyl (C=O) groups is 1. The van der Waals surface area contributed by atoms with E-state index in [9.17, 15) is 4.79 Å². The Hall–Kier alpha value is -1.96. The van der Waals surface area contributed by atoms with Crippen LogP contribution >= 0.6 is 15.9 Å². The fourth-order valence-electron chi connectivity index (χ4n) is 2.42. The minimum atomic E-state index is -0.426. The van der Waals surface area contributed by atoms with Gasteiger partial charge in [-0.05, 0) is 48.2 Å². The Kier molecular flexibility index (Phi) is 5.13. The van der Waals surface area contributed by atoms with E-state index in [1.807, 2.05) is 13.0 Å². The Labute approximate surface area is 148 Å². The van der Waals surface area contributed by atoms with Crippen LogP contribution in [0.5, 0.6) is 0 Å². The summed E-state index contributed by atoms with van der Waals surface area (Å²) in [7, 11) is 1.35. The minimum absolute atomic E-state index is 0.0108. The summed E-state index contributed by atoms with van der Waals surface area (Å²) in [6.45, 7) is 1.92. The fraction of sp³-hybridized carbons (Fsp3) is 0.500. The first-order valence-corrected chi connectivity index (χ1v) is 8.78. The average Bonchev–Trinajstić information content (AvgIpc) is 3.35. The Morgan fingerprint density at radius 3 is 3.00 bits per heavy atom. The lowest BCUT2D eigenvalue weighted by atomic mass is 10.2. The molecule has 0 spiro atoms. The zero-order valence-electron chi connectivity index (χ0n) is 13.7. The second-order valence-electron chi connectivity index (χ2n) is 5.99. The van der Waals surface area contributed by atoms with Crippen LogP contribution in [0.1, 0.15) is 43.8 Å². The maximum Gasteiger partial charge on any atom is 0.407 e. The summed E-state index contributed by atoms with van der Waals surface area (Å²) in [6.07, 6.45) is 5.10. The summed E-state index contributed by atoms with van der Waals surface area (Å²) in [5.74, 6) is 2.31. The molecule has 3 rings (SSSR count). The number of nitrogens with zero attached hydrogens (tertiary/aromatic N) is 3. The second-order valence-corrected chi connectivity index (χ2v) is 6.79. The van der Waals surface area contributed by atoms with Crippen LogP contribution in [0.25, 0.3) is 11.4 Å². The summed E-state index contributed by atoms with van der Waals surface area (Å²) in [5.41, 5.74) is 1.62. The third-order valence-electron chi connectivity index (χ3n) is 3.94. The highest BCUT2D eigenvalue weighted by Gasteiger charge is 2.28. The van der Waals surface area contributed by atoms with Crippen molar-refractivity contribution in [3.05, 3.63) is 28.5 Å². The van der Waals surface area contributed by atoms with Crippen LogP contribution in [0.2, 0.25) is 0 Å². The molecular weight excluding hydrogens is 374 g/mol. The third kappa shape index (κ3) is 4.11. The van der Waals surface area contributed by atoms with Crippen molar-refractivity contribution in [1.29, 1.82) is 0 Å². The molecule has 0 aromatic carbocycles. The number of amides is 1. The van der Waals surface area contributed by atoms with E-state index in [1.165, 1.54) is 20.0 Å². The standard InChI is InChI=1S/C16H20BrN5O2/c1-9(19-16(23)24-2)3-6-12-18-8-7-11(20-12)13-14(17)22-15(21-13)10-4-5-10/h7-10H,3-6H2,1-2H3,(H,19,23)(H,21,22)/t9-/m0/s1. The van der Waals surface area contributed by atoms with E-state index in [2.05, 4.69) is 45.9 Å². The molecule has 2 aromatic rings. The highest BCUT2D eigenvalue weighted by molar-refractivity contribution is 9.10. The van der Waals surface area contributed by atoms with E-state index in [0.717, 1.165) is 34.1 Å². The van der Waals surface area contributed by atoms with Gasteiger partial charge in [-0.15, -0.1) is 0 Å². The number of methoxy groups -OCH3 is 1. The number of halogens is 1. The summed E-state index contributed by atoms with van der Waals surface area (Å²) in [5, 5.41) is 2.74. The van der Waals surface area contributed by atoms with Crippen LogP contribution in [0.3, 0.4) is 0 Å². The van der Waals surface area contributed by atoms with Gasteiger partial charge in [-0.1, -0.05) is 0 Å². The van der Waals surface area contributed by atoms with Gasteiger partial charge in [-0.25, -0.2) is 19.7 Å². The molecule has 1 saturated carbocycles. The Morgan fingerprint density at radius 2 is 2.29 bits per heavy atom. The van der Waals surface area contributed by atoms with Crippen molar-refractivity contribution in [3.8, 4) is 11.4 Å². The highest BCUT2D eigenvalue weighted by atomic mass is 79.9. The second kappa shape index (κ2) is 7.29. The van der Waals surface area contributed by atoms with Crippen molar-refractivity contribution < 1.29 is 9.53 Å². The molecule has 7 nitrogen and oxygen atoms in total. The zero-order valence-corrected chi connectivity index (χ0v) is 15.3. The molecule has 128 valence electrons. The molecule has 1 aliphatic carbocycles. The molecule has 2 heterocycles. The quantitative estimate of drug-likeness (QED) is 0.785. The predicted molar refractivity (Wildman–Crippen MR) is 92.6 cm³/mol. The number of aromatic nitrogens is 4. The van der Waals surface area contributed by atoms with Crippen molar-refractivity contribution in [2.24, 2.45) is 0 Å². The number of carbonyl (C=O) groups excluding carboxylic acids is 1. The number of imidazole rings is 1. The molecule has 0 radical (unpaired) electrons. The van der Waals surface area contributed by atoms with Gasteiger partial charge in [0.1, 0.15) is 21.9 Å². The number of ether oxygens (including phenoxy) is 1. The SMILES string of the molecule is COC(=O)N[C@@H](C)CCc1nccc(-c2nc(C3CC3)[nH]c2Br)n1. The van der Waals surface area contributed by atoms with Gasteiger partial charge in [-0.3, -0.25) is 0 Å². The number of H-pyrrole nitrogens is 1. The predicted octanol–water partition coefficient (Wildman–Crippen LogP) is 3.18. The minimum Gasteiger partial charge on any atom is -0.453 e. The molecule has 0 saturated heterocycles. The smallest absolute Gasteiger partial charge is 0.407 e. The molecule has 1 atom stereocenters. The highest BCUT2D eigenvalue weighted by Crippen LogP contribution is 2.40. The molecule has 0 bridgehead atoms. The number of aryl methyl sites for hydroxylation is 1. The van der Waals surface area contributed by atoms with Gasteiger partial charge >= 0.3 is 6.09 Å². The molecule has 0 aliphatic heterocycles. The Morgan fingerprint density at radius 1 is 1.50 bits per heavy atom. The molecule has 8 heteroatoms. The molecular formula is C16H20BrN5O2.